The minimum absolute atomic E-state index is 0.0116. The van der Waals surface area contributed by atoms with Crippen molar-refractivity contribution in [2.24, 2.45) is 5.92 Å². The van der Waals surface area contributed by atoms with E-state index in [9.17, 15) is 27.2 Å². The van der Waals surface area contributed by atoms with Gasteiger partial charge in [0, 0.05) is 24.3 Å². The second-order valence-corrected chi connectivity index (χ2v) is 5.95. The molecule has 1 heterocycles. The summed E-state index contributed by atoms with van der Waals surface area (Å²) in [4.78, 5) is 25.8. The number of carbonyl (C=O) groups excluding carboxylic acids is 2. The van der Waals surface area contributed by atoms with Crippen molar-refractivity contribution < 1.29 is 27.2 Å². The van der Waals surface area contributed by atoms with Crippen molar-refractivity contribution in [2.75, 3.05) is 16.8 Å². The van der Waals surface area contributed by atoms with Gasteiger partial charge in [-0.05, 0) is 42.5 Å². The fraction of sp³-hybridized carbons (Fsp3) is 0.222. The number of hydrogen-bond acceptors (Lipinski definition) is 2. The molecule has 0 aliphatic carbocycles. The topological polar surface area (TPSA) is 49.4 Å². The monoisotopic (exact) mass is 366 g/mol. The molecule has 1 unspecified atom stereocenters. The Balaban J connectivity index is 1.70. The van der Waals surface area contributed by atoms with Crippen LogP contribution in [0, 0.1) is 11.7 Å². The number of nitrogens with one attached hydrogen (secondary N) is 1. The number of anilines is 2. The maximum Gasteiger partial charge on any atom is 0.416 e. The molecule has 2 aromatic rings. The maximum absolute atomic E-state index is 13.0. The van der Waals surface area contributed by atoms with Gasteiger partial charge < -0.3 is 10.2 Å². The van der Waals surface area contributed by atoms with Gasteiger partial charge in [-0.2, -0.15) is 13.2 Å². The van der Waals surface area contributed by atoms with E-state index in [2.05, 4.69) is 5.32 Å². The first-order valence-corrected chi connectivity index (χ1v) is 7.78. The summed E-state index contributed by atoms with van der Waals surface area (Å²) in [6, 6.07) is 9.57. The van der Waals surface area contributed by atoms with Crippen molar-refractivity contribution in [3.05, 3.63) is 59.9 Å². The third-order valence-electron chi connectivity index (χ3n) is 4.09. The van der Waals surface area contributed by atoms with Gasteiger partial charge in [0.2, 0.25) is 11.8 Å². The highest BCUT2D eigenvalue weighted by molar-refractivity contribution is 6.03. The van der Waals surface area contributed by atoms with Crippen LogP contribution in [0.15, 0.2) is 48.5 Å². The van der Waals surface area contributed by atoms with Crippen LogP contribution in [0.25, 0.3) is 0 Å². The van der Waals surface area contributed by atoms with Crippen molar-refractivity contribution in [3.8, 4) is 0 Å². The van der Waals surface area contributed by atoms with Gasteiger partial charge in [-0.3, -0.25) is 9.59 Å². The van der Waals surface area contributed by atoms with Crippen LogP contribution in [0.1, 0.15) is 12.0 Å². The third-order valence-corrected chi connectivity index (χ3v) is 4.09. The van der Waals surface area contributed by atoms with Crippen LogP contribution < -0.4 is 10.2 Å². The highest BCUT2D eigenvalue weighted by Crippen LogP contribution is 2.31. The molecule has 0 radical (unpaired) electrons. The quantitative estimate of drug-likeness (QED) is 0.840. The molecule has 1 N–H and O–H groups in total. The average Bonchev–Trinajstić information content (AvgIpc) is 2.97. The number of amides is 2. The van der Waals surface area contributed by atoms with E-state index in [0.29, 0.717) is 5.69 Å². The lowest BCUT2D eigenvalue weighted by Gasteiger charge is -2.17. The Bertz CT molecular complexity index is 834. The van der Waals surface area contributed by atoms with Gasteiger partial charge in [0.1, 0.15) is 5.82 Å². The lowest BCUT2D eigenvalue weighted by atomic mass is 10.1. The smallest absolute Gasteiger partial charge is 0.326 e. The molecule has 1 aliphatic rings. The molecule has 2 amide bonds. The number of hydrogen-bond donors (Lipinski definition) is 1. The number of carbonyl (C=O) groups is 2. The van der Waals surface area contributed by atoms with Crippen LogP contribution >= 0.6 is 0 Å². The predicted molar refractivity (Wildman–Crippen MR) is 86.9 cm³/mol. The standard InChI is InChI=1S/C18H14F4N2O2/c19-13-4-6-15(7-5-13)24-10-11(8-16(24)25)17(26)23-14-3-1-2-12(9-14)18(20,21)22/h1-7,9,11H,8,10H2,(H,23,26). The number of benzene rings is 2. The van der Waals surface area contributed by atoms with Crippen LogP contribution in [0.2, 0.25) is 0 Å². The molecule has 0 bridgehead atoms. The van der Waals surface area contributed by atoms with Gasteiger partial charge in [0.15, 0.2) is 0 Å². The first-order chi connectivity index (χ1) is 12.2. The van der Waals surface area contributed by atoms with Gasteiger partial charge >= 0.3 is 6.18 Å². The third kappa shape index (κ3) is 3.84. The highest BCUT2D eigenvalue weighted by Gasteiger charge is 2.35. The van der Waals surface area contributed by atoms with Crippen LogP contribution in [0.3, 0.4) is 0 Å². The Morgan fingerprint density at radius 2 is 1.81 bits per heavy atom. The minimum atomic E-state index is -4.51. The molecule has 0 aromatic heterocycles. The minimum Gasteiger partial charge on any atom is -0.326 e. The second kappa shape index (κ2) is 6.78. The SMILES string of the molecule is O=C(Nc1cccc(C(F)(F)F)c1)C1CC(=O)N(c2ccc(F)cc2)C1. The molecule has 2 aromatic carbocycles. The summed E-state index contributed by atoms with van der Waals surface area (Å²) in [5, 5.41) is 2.42. The summed E-state index contributed by atoms with van der Waals surface area (Å²) < 4.78 is 51.2. The van der Waals surface area contributed by atoms with E-state index in [1.54, 1.807) is 0 Å². The van der Waals surface area contributed by atoms with E-state index < -0.39 is 29.4 Å². The van der Waals surface area contributed by atoms with E-state index in [0.717, 1.165) is 12.1 Å². The van der Waals surface area contributed by atoms with E-state index >= 15 is 0 Å². The largest absolute Gasteiger partial charge is 0.416 e. The number of rotatable bonds is 3. The molecule has 0 spiro atoms. The first-order valence-electron chi connectivity index (χ1n) is 7.78. The van der Waals surface area contributed by atoms with Crippen molar-refractivity contribution in [3.63, 3.8) is 0 Å². The first kappa shape index (κ1) is 17.9. The lowest BCUT2D eigenvalue weighted by molar-refractivity contribution is -0.137. The van der Waals surface area contributed by atoms with Crippen molar-refractivity contribution in [1.82, 2.24) is 0 Å². The molecular formula is C18H14F4N2O2. The zero-order valence-electron chi connectivity index (χ0n) is 13.4. The molecule has 8 heteroatoms. The molecule has 26 heavy (non-hydrogen) atoms. The van der Waals surface area contributed by atoms with Crippen LogP contribution in [-0.4, -0.2) is 18.4 Å². The fourth-order valence-electron chi connectivity index (χ4n) is 2.77. The Morgan fingerprint density at radius 1 is 1.12 bits per heavy atom. The number of halogens is 4. The molecule has 136 valence electrons. The van der Waals surface area contributed by atoms with Crippen molar-refractivity contribution in [1.29, 1.82) is 0 Å². The summed E-state index contributed by atoms with van der Waals surface area (Å²) >= 11 is 0. The molecule has 1 fully saturated rings. The fourth-order valence-corrected chi connectivity index (χ4v) is 2.77. The molecule has 0 saturated carbocycles. The van der Waals surface area contributed by atoms with Gasteiger partial charge in [-0.25, -0.2) is 4.39 Å². The summed E-state index contributed by atoms with van der Waals surface area (Å²) in [7, 11) is 0. The molecule has 4 nitrogen and oxygen atoms in total. The second-order valence-electron chi connectivity index (χ2n) is 5.95. The van der Waals surface area contributed by atoms with Gasteiger partial charge in [0.25, 0.3) is 0 Å². The Kier molecular flexibility index (Phi) is 4.67. The van der Waals surface area contributed by atoms with Crippen LogP contribution in [-0.2, 0) is 15.8 Å². The van der Waals surface area contributed by atoms with Gasteiger partial charge in [0.05, 0.1) is 11.5 Å². The summed E-state index contributed by atoms with van der Waals surface area (Å²) in [6.07, 6.45) is -4.58. The van der Waals surface area contributed by atoms with Gasteiger partial charge in [-0.15, -0.1) is 0 Å². The zero-order valence-corrected chi connectivity index (χ0v) is 13.4. The average molecular weight is 366 g/mol. The molecular weight excluding hydrogens is 352 g/mol. The molecule has 3 rings (SSSR count). The van der Waals surface area contributed by atoms with E-state index in [1.807, 2.05) is 0 Å². The normalized spacial score (nSPS) is 17.5. The summed E-state index contributed by atoms with van der Waals surface area (Å²) in [6.45, 7) is 0.0786. The Hall–Kier alpha value is -2.90. The number of nitrogens with zero attached hydrogens (tertiary/aromatic N) is 1. The molecule has 1 saturated heterocycles. The highest BCUT2D eigenvalue weighted by atomic mass is 19.4. The Labute approximate surface area is 146 Å². The van der Waals surface area contributed by atoms with E-state index in [-0.39, 0.29) is 24.6 Å². The molecule has 1 atom stereocenters. The lowest BCUT2D eigenvalue weighted by Crippen LogP contribution is -2.28. The summed E-state index contributed by atoms with van der Waals surface area (Å²) in [5.74, 6) is -2.00. The van der Waals surface area contributed by atoms with Gasteiger partial charge in [-0.1, -0.05) is 6.07 Å². The van der Waals surface area contributed by atoms with Crippen molar-refractivity contribution in [2.45, 2.75) is 12.6 Å². The summed E-state index contributed by atoms with van der Waals surface area (Å²) in [5.41, 5.74) is -0.394. The van der Waals surface area contributed by atoms with Crippen molar-refractivity contribution >= 4 is 23.2 Å². The zero-order chi connectivity index (χ0) is 18.9. The van der Waals surface area contributed by atoms with E-state index in [4.69, 9.17) is 0 Å². The predicted octanol–water partition coefficient (Wildman–Crippen LogP) is 3.84. The Morgan fingerprint density at radius 3 is 2.46 bits per heavy atom. The molecule has 1 aliphatic heterocycles. The number of alkyl halides is 3. The van der Waals surface area contributed by atoms with Crippen LogP contribution in [0.4, 0.5) is 28.9 Å². The van der Waals surface area contributed by atoms with E-state index in [1.165, 1.54) is 41.3 Å². The van der Waals surface area contributed by atoms with Crippen LogP contribution in [0.5, 0.6) is 0 Å². The maximum atomic E-state index is 13.0.